The molecule has 0 spiro atoms. The van der Waals surface area contributed by atoms with Gasteiger partial charge in [0.05, 0.1) is 12.3 Å². The molecule has 1 aliphatic heterocycles. The normalized spacial score (nSPS) is 14.7. The van der Waals surface area contributed by atoms with Gasteiger partial charge in [-0.05, 0) is 49.2 Å². The first-order valence-corrected chi connectivity index (χ1v) is 7.22. The van der Waals surface area contributed by atoms with E-state index in [1.54, 1.807) is 0 Å². The SMILES string of the molecule is C[C@@H](NCCc1ccc2c(c1)CCO2)c1ccccn1. The van der Waals surface area contributed by atoms with Gasteiger partial charge in [-0.2, -0.15) is 0 Å². The molecule has 1 aliphatic rings. The van der Waals surface area contributed by atoms with E-state index in [4.69, 9.17) is 4.74 Å². The van der Waals surface area contributed by atoms with Gasteiger partial charge in [0.2, 0.25) is 0 Å². The summed E-state index contributed by atoms with van der Waals surface area (Å²) in [5.41, 5.74) is 3.81. The smallest absolute Gasteiger partial charge is 0.122 e. The van der Waals surface area contributed by atoms with Crippen LogP contribution in [0.25, 0.3) is 0 Å². The second kappa shape index (κ2) is 6.06. The van der Waals surface area contributed by atoms with Gasteiger partial charge in [-0.15, -0.1) is 0 Å². The predicted molar refractivity (Wildman–Crippen MR) is 80.0 cm³/mol. The number of pyridine rings is 1. The minimum Gasteiger partial charge on any atom is -0.493 e. The highest BCUT2D eigenvalue weighted by molar-refractivity contribution is 5.39. The number of ether oxygens (including phenoxy) is 1. The van der Waals surface area contributed by atoms with E-state index in [9.17, 15) is 0 Å². The molecule has 0 amide bonds. The van der Waals surface area contributed by atoms with Gasteiger partial charge in [0.25, 0.3) is 0 Å². The minimum atomic E-state index is 0.286. The monoisotopic (exact) mass is 268 g/mol. The van der Waals surface area contributed by atoms with E-state index in [2.05, 4.69) is 41.5 Å². The van der Waals surface area contributed by atoms with Crippen molar-refractivity contribution in [3.63, 3.8) is 0 Å². The van der Waals surface area contributed by atoms with Gasteiger partial charge in [-0.25, -0.2) is 0 Å². The zero-order chi connectivity index (χ0) is 13.8. The molecule has 0 aliphatic carbocycles. The van der Waals surface area contributed by atoms with Crippen molar-refractivity contribution < 1.29 is 4.74 Å². The first-order chi connectivity index (χ1) is 9.83. The summed E-state index contributed by atoms with van der Waals surface area (Å²) in [4.78, 5) is 4.37. The summed E-state index contributed by atoms with van der Waals surface area (Å²) in [6.45, 7) is 3.93. The van der Waals surface area contributed by atoms with Crippen LogP contribution >= 0.6 is 0 Å². The standard InChI is InChI=1S/C17H20N2O/c1-13(16-4-2-3-9-19-16)18-10-7-14-5-6-17-15(12-14)8-11-20-17/h2-6,9,12-13,18H,7-8,10-11H2,1H3/t13-/m1/s1. The molecule has 3 nitrogen and oxygen atoms in total. The molecule has 1 aromatic carbocycles. The van der Waals surface area contributed by atoms with Gasteiger partial charge in [0.1, 0.15) is 5.75 Å². The van der Waals surface area contributed by atoms with E-state index in [0.717, 1.165) is 37.4 Å². The highest BCUT2D eigenvalue weighted by Crippen LogP contribution is 2.25. The van der Waals surface area contributed by atoms with E-state index >= 15 is 0 Å². The molecular weight excluding hydrogens is 248 g/mol. The molecule has 1 atom stereocenters. The highest BCUT2D eigenvalue weighted by atomic mass is 16.5. The quantitative estimate of drug-likeness (QED) is 0.905. The van der Waals surface area contributed by atoms with Gasteiger partial charge in [0.15, 0.2) is 0 Å². The summed E-state index contributed by atoms with van der Waals surface area (Å²) in [5.74, 6) is 1.06. The summed E-state index contributed by atoms with van der Waals surface area (Å²) in [5, 5.41) is 3.52. The molecule has 2 heterocycles. The number of aromatic nitrogens is 1. The summed E-state index contributed by atoms with van der Waals surface area (Å²) < 4.78 is 5.53. The Bertz CT molecular complexity index is 568. The first kappa shape index (κ1) is 13.1. The zero-order valence-electron chi connectivity index (χ0n) is 11.8. The van der Waals surface area contributed by atoms with Crippen LogP contribution in [-0.2, 0) is 12.8 Å². The fourth-order valence-corrected chi connectivity index (χ4v) is 2.57. The summed E-state index contributed by atoms with van der Waals surface area (Å²) in [7, 11) is 0. The Kier molecular flexibility index (Phi) is 3.97. The molecule has 3 rings (SSSR count). The van der Waals surface area contributed by atoms with Crippen LogP contribution in [0.3, 0.4) is 0 Å². The van der Waals surface area contributed by atoms with Crippen molar-refractivity contribution in [1.82, 2.24) is 10.3 Å². The third kappa shape index (κ3) is 2.99. The summed E-state index contributed by atoms with van der Waals surface area (Å²) >= 11 is 0. The molecule has 0 unspecified atom stereocenters. The Balaban J connectivity index is 1.53. The number of hydrogen-bond acceptors (Lipinski definition) is 3. The van der Waals surface area contributed by atoms with E-state index < -0.39 is 0 Å². The maximum atomic E-state index is 5.53. The summed E-state index contributed by atoms with van der Waals surface area (Å²) in [6.07, 6.45) is 3.92. The number of fused-ring (bicyclic) bond motifs is 1. The highest BCUT2D eigenvalue weighted by Gasteiger charge is 2.12. The van der Waals surface area contributed by atoms with Crippen LogP contribution in [0.2, 0.25) is 0 Å². The third-order valence-electron chi connectivity index (χ3n) is 3.75. The lowest BCUT2D eigenvalue weighted by atomic mass is 10.1. The van der Waals surface area contributed by atoms with Gasteiger partial charge >= 0.3 is 0 Å². The predicted octanol–water partition coefficient (Wildman–Crippen LogP) is 2.91. The second-order valence-electron chi connectivity index (χ2n) is 5.22. The van der Waals surface area contributed by atoms with Crippen molar-refractivity contribution in [1.29, 1.82) is 0 Å². The van der Waals surface area contributed by atoms with E-state index in [1.807, 2.05) is 18.3 Å². The Morgan fingerprint density at radius 1 is 1.30 bits per heavy atom. The fourth-order valence-electron chi connectivity index (χ4n) is 2.57. The Morgan fingerprint density at radius 3 is 3.10 bits per heavy atom. The Hall–Kier alpha value is -1.87. The summed E-state index contributed by atoms with van der Waals surface area (Å²) in [6, 6.07) is 12.9. The van der Waals surface area contributed by atoms with Crippen molar-refractivity contribution in [2.45, 2.75) is 25.8 Å². The lowest BCUT2D eigenvalue weighted by Gasteiger charge is -2.13. The van der Waals surface area contributed by atoms with Crippen molar-refractivity contribution in [3.05, 3.63) is 59.4 Å². The molecule has 1 aromatic heterocycles. The minimum absolute atomic E-state index is 0.286. The second-order valence-corrected chi connectivity index (χ2v) is 5.22. The number of benzene rings is 1. The van der Waals surface area contributed by atoms with E-state index in [-0.39, 0.29) is 6.04 Å². The number of rotatable bonds is 5. The maximum absolute atomic E-state index is 5.53. The molecule has 3 heteroatoms. The zero-order valence-corrected chi connectivity index (χ0v) is 11.8. The largest absolute Gasteiger partial charge is 0.493 e. The van der Waals surface area contributed by atoms with Crippen molar-refractivity contribution >= 4 is 0 Å². The van der Waals surface area contributed by atoms with Crippen LogP contribution in [0.5, 0.6) is 5.75 Å². The molecular formula is C17H20N2O. The van der Waals surface area contributed by atoms with Crippen molar-refractivity contribution in [3.8, 4) is 5.75 Å². The van der Waals surface area contributed by atoms with E-state index in [0.29, 0.717) is 0 Å². The Labute approximate surface area is 120 Å². The first-order valence-electron chi connectivity index (χ1n) is 7.22. The van der Waals surface area contributed by atoms with Gasteiger partial charge < -0.3 is 10.1 Å². The van der Waals surface area contributed by atoms with Crippen LogP contribution in [0.15, 0.2) is 42.6 Å². The average molecular weight is 268 g/mol. The van der Waals surface area contributed by atoms with Crippen molar-refractivity contribution in [2.24, 2.45) is 0 Å². The van der Waals surface area contributed by atoms with Crippen LogP contribution in [0.4, 0.5) is 0 Å². The number of nitrogens with one attached hydrogen (secondary N) is 1. The van der Waals surface area contributed by atoms with Crippen LogP contribution in [0.1, 0.15) is 29.8 Å². The van der Waals surface area contributed by atoms with Gasteiger partial charge in [-0.3, -0.25) is 4.98 Å². The molecule has 20 heavy (non-hydrogen) atoms. The molecule has 0 bridgehead atoms. The number of nitrogens with zero attached hydrogens (tertiary/aromatic N) is 1. The average Bonchev–Trinajstić information content (AvgIpc) is 2.95. The third-order valence-corrected chi connectivity index (χ3v) is 3.75. The number of hydrogen-bond donors (Lipinski definition) is 1. The van der Waals surface area contributed by atoms with Crippen LogP contribution in [0, 0.1) is 0 Å². The van der Waals surface area contributed by atoms with Gasteiger partial charge in [-0.1, -0.05) is 18.2 Å². The molecule has 0 radical (unpaired) electrons. The fraction of sp³-hybridized carbons (Fsp3) is 0.353. The lowest BCUT2D eigenvalue weighted by Crippen LogP contribution is -2.22. The van der Waals surface area contributed by atoms with Crippen LogP contribution in [-0.4, -0.2) is 18.1 Å². The molecule has 0 saturated carbocycles. The molecule has 2 aromatic rings. The van der Waals surface area contributed by atoms with Crippen LogP contribution < -0.4 is 10.1 Å². The molecule has 104 valence electrons. The lowest BCUT2D eigenvalue weighted by molar-refractivity contribution is 0.357. The van der Waals surface area contributed by atoms with Crippen molar-refractivity contribution in [2.75, 3.05) is 13.2 Å². The maximum Gasteiger partial charge on any atom is 0.122 e. The van der Waals surface area contributed by atoms with E-state index in [1.165, 1.54) is 11.1 Å². The molecule has 1 N–H and O–H groups in total. The molecule has 0 saturated heterocycles. The van der Waals surface area contributed by atoms with Gasteiger partial charge in [0, 0.05) is 18.7 Å². The Morgan fingerprint density at radius 2 is 2.25 bits per heavy atom. The molecule has 0 fully saturated rings. The topological polar surface area (TPSA) is 34.1 Å².